The van der Waals surface area contributed by atoms with E-state index in [9.17, 15) is 0 Å². The van der Waals surface area contributed by atoms with Crippen molar-refractivity contribution < 1.29 is 0 Å². The van der Waals surface area contributed by atoms with Gasteiger partial charge in [-0.05, 0) is 39.8 Å². The summed E-state index contributed by atoms with van der Waals surface area (Å²) in [6.07, 6.45) is 11.1. The molecule has 1 N–H and O–H groups in total. The maximum Gasteiger partial charge on any atom is -0.00519 e. The van der Waals surface area contributed by atoms with E-state index in [1.165, 1.54) is 38.6 Å². The molecule has 0 aliphatic carbocycles. The minimum Gasteiger partial charge on any atom is -0.320 e. The van der Waals surface area contributed by atoms with E-state index in [1.807, 2.05) is 7.05 Å². The number of nitrogens with one attached hydrogen (secondary N) is 1. The summed E-state index contributed by atoms with van der Waals surface area (Å²) in [5.41, 5.74) is 0. The summed E-state index contributed by atoms with van der Waals surface area (Å²) in [5, 5.41) is 3.16. The Morgan fingerprint density at radius 2 is 1.82 bits per heavy atom. The maximum atomic E-state index is 3.16. The summed E-state index contributed by atoms with van der Waals surface area (Å²) >= 11 is 0. The van der Waals surface area contributed by atoms with Crippen molar-refractivity contribution in [3.8, 4) is 0 Å². The molecule has 0 amide bonds. The minimum atomic E-state index is 1.17. The van der Waals surface area contributed by atoms with Crippen LogP contribution >= 0.6 is 0 Å². The lowest BCUT2D eigenvalue weighted by molar-refractivity contribution is 0.620. The van der Waals surface area contributed by atoms with E-state index >= 15 is 0 Å². The molecule has 0 spiro atoms. The lowest BCUT2D eigenvalue weighted by Crippen LogP contribution is -2.06. The first-order valence-electron chi connectivity index (χ1n) is 4.67. The zero-order valence-electron chi connectivity index (χ0n) is 7.90. The van der Waals surface area contributed by atoms with Crippen molar-refractivity contribution in [1.82, 2.24) is 5.32 Å². The molecule has 0 atom stereocenters. The van der Waals surface area contributed by atoms with Gasteiger partial charge in [0, 0.05) is 0 Å². The Bertz CT molecular complexity index is 86.9. The highest BCUT2D eigenvalue weighted by Gasteiger charge is 1.86. The van der Waals surface area contributed by atoms with Crippen LogP contribution in [0.4, 0.5) is 0 Å². The second-order valence-corrected chi connectivity index (χ2v) is 2.88. The van der Waals surface area contributed by atoms with Crippen LogP contribution in [0.15, 0.2) is 12.2 Å². The van der Waals surface area contributed by atoms with Crippen LogP contribution in [0.3, 0.4) is 0 Å². The van der Waals surface area contributed by atoms with Gasteiger partial charge in [-0.25, -0.2) is 0 Å². The molecular weight excluding hydrogens is 134 g/mol. The van der Waals surface area contributed by atoms with Gasteiger partial charge in [0.25, 0.3) is 0 Å². The Hall–Kier alpha value is -0.300. The molecule has 0 fully saturated rings. The van der Waals surface area contributed by atoms with Gasteiger partial charge in [0.15, 0.2) is 0 Å². The van der Waals surface area contributed by atoms with Crippen molar-refractivity contribution in [3.05, 3.63) is 12.2 Å². The molecule has 1 nitrogen and oxygen atoms in total. The molecule has 0 unspecified atom stereocenters. The highest BCUT2D eigenvalue weighted by atomic mass is 14.8. The second kappa shape index (κ2) is 9.70. The Morgan fingerprint density at radius 3 is 2.45 bits per heavy atom. The summed E-state index contributed by atoms with van der Waals surface area (Å²) < 4.78 is 0. The van der Waals surface area contributed by atoms with Crippen LogP contribution in [0.5, 0.6) is 0 Å². The number of allylic oxidation sites excluding steroid dienone is 2. The predicted molar refractivity (Wildman–Crippen MR) is 51.8 cm³/mol. The number of hydrogen-bond acceptors (Lipinski definition) is 1. The zero-order chi connectivity index (χ0) is 8.36. The third kappa shape index (κ3) is 9.70. The van der Waals surface area contributed by atoms with E-state index in [0.717, 1.165) is 0 Å². The fourth-order valence-corrected chi connectivity index (χ4v) is 1.08. The van der Waals surface area contributed by atoms with Gasteiger partial charge >= 0.3 is 0 Å². The van der Waals surface area contributed by atoms with Gasteiger partial charge in [0.05, 0.1) is 0 Å². The van der Waals surface area contributed by atoms with E-state index in [4.69, 9.17) is 0 Å². The van der Waals surface area contributed by atoms with Gasteiger partial charge in [0.1, 0.15) is 0 Å². The highest BCUT2D eigenvalue weighted by Crippen LogP contribution is 2.02. The van der Waals surface area contributed by atoms with Crippen LogP contribution in [-0.2, 0) is 0 Å². The van der Waals surface area contributed by atoms with Gasteiger partial charge in [-0.1, -0.05) is 25.0 Å². The third-order valence-electron chi connectivity index (χ3n) is 1.78. The second-order valence-electron chi connectivity index (χ2n) is 2.88. The van der Waals surface area contributed by atoms with Crippen LogP contribution in [0.25, 0.3) is 0 Å². The monoisotopic (exact) mass is 155 g/mol. The maximum absolute atomic E-state index is 3.16. The van der Waals surface area contributed by atoms with Crippen molar-refractivity contribution in [2.75, 3.05) is 13.6 Å². The Kier molecular flexibility index (Phi) is 9.44. The summed E-state index contributed by atoms with van der Waals surface area (Å²) in [6.45, 7) is 3.25. The highest BCUT2D eigenvalue weighted by molar-refractivity contribution is 4.76. The Balaban J connectivity index is 2.79. The van der Waals surface area contributed by atoms with Gasteiger partial charge in [-0.15, -0.1) is 0 Å². The molecule has 0 aromatic rings. The fraction of sp³-hybridized carbons (Fsp3) is 0.800. The van der Waals surface area contributed by atoms with Crippen LogP contribution in [-0.4, -0.2) is 13.6 Å². The zero-order valence-corrected chi connectivity index (χ0v) is 7.90. The van der Waals surface area contributed by atoms with Crippen LogP contribution in [0.1, 0.15) is 39.0 Å². The lowest BCUT2D eigenvalue weighted by atomic mass is 10.1. The number of unbranched alkanes of at least 4 members (excludes halogenated alkanes) is 4. The van der Waals surface area contributed by atoms with Gasteiger partial charge in [-0.2, -0.15) is 0 Å². The van der Waals surface area contributed by atoms with Crippen molar-refractivity contribution in [2.24, 2.45) is 0 Å². The quantitative estimate of drug-likeness (QED) is 0.440. The van der Waals surface area contributed by atoms with Crippen molar-refractivity contribution >= 4 is 0 Å². The first-order valence-corrected chi connectivity index (χ1v) is 4.67. The summed E-state index contributed by atoms with van der Waals surface area (Å²) in [6, 6.07) is 0. The molecule has 0 saturated heterocycles. The SMILES string of the molecule is C/C=C/CCCCCCNC. The molecule has 0 bridgehead atoms. The van der Waals surface area contributed by atoms with Gasteiger partial charge in [0.2, 0.25) is 0 Å². The average molecular weight is 155 g/mol. The Morgan fingerprint density at radius 1 is 1.09 bits per heavy atom. The molecule has 0 aromatic carbocycles. The van der Waals surface area contributed by atoms with E-state index < -0.39 is 0 Å². The average Bonchev–Trinajstić information content (AvgIpc) is 2.03. The van der Waals surface area contributed by atoms with E-state index in [2.05, 4.69) is 24.4 Å². The van der Waals surface area contributed by atoms with E-state index in [-0.39, 0.29) is 0 Å². The van der Waals surface area contributed by atoms with Crippen LogP contribution in [0, 0.1) is 0 Å². The van der Waals surface area contributed by atoms with Crippen molar-refractivity contribution in [3.63, 3.8) is 0 Å². The fourth-order valence-electron chi connectivity index (χ4n) is 1.08. The normalized spacial score (nSPS) is 11.1. The Labute approximate surface area is 70.9 Å². The van der Waals surface area contributed by atoms with Gasteiger partial charge in [-0.3, -0.25) is 0 Å². The largest absolute Gasteiger partial charge is 0.320 e. The first kappa shape index (κ1) is 10.7. The molecule has 0 saturated carbocycles. The molecule has 1 heteroatoms. The van der Waals surface area contributed by atoms with Crippen molar-refractivity contribution in [1.29, 1.82) is 0 Å². The van der Waals surface area contributed by atoms with E-state index in [0.29, 0.717) is 0 Å². The van der Waals surface area contributed by atoms with Gasteiger partial charge < -0.3 is 5.32 Å². The molecule has 11 heavy (non-hydrogen) atoms. The molecule has 0 aliphatic heterocycles. The third-order valence-corrected chi connectivity index (χ3v) is 1.78. The smallest absolute Gasteiger partial charge is 0.00519 e. The molecule has 0 aliphatic rings. The standard InChI is InChI=1S/C10H21N/c1-3-4-5-6-7-8-9-10-11-2/h3-4,11H,5-10H2,1-2H3/b4-3+. The molecule has 0 heterocycles. The molecule has 66 valence electrons. The summed E-state index contributed by atoms with van der Waals surface area (Å²) in [5.74, 6) is 0. The minimum absolute atomic E-state index is 1.17. The summed E-state index contributed by atoms with van der Waals surface area (Å²) in [7, 11) is 2.01. The lowest BCUT2D eigenvalue weighted by Gasteiger charge is -1.98. The van der Waals surface area contributed by atoms with Crippen LogP contribution < -0.4 is 5.32 Å². The van der Waals surface area contributed by atoms with Crippen LogP contribution in [0.2, 0.25) is 0 Å². The molecule has 0 radical (unpaired) electrons. The molecule has 0 aromatic heterocycles. The first-order chi connectivity index (χ1) is 5.41. The van der Waals surface area contributed by atoms with E-state index in [1.54, 1.807) is 0 Å². The molecular formula is C10H21N. The topological polar surface area (TPSA) is 12.0 Å². The van der Waals surface area contributed by atoms with Crippen molar-refractivity contribution in [2.45, 2.75) is 39.0 Å². The number of rotatable bonds is 7. The summed E-state index contributed by atoms with van der Waals surface area (Å²) in [4.78, 5) is 0. The number of hydrogen-bond donors (Lipinski definition) is 1. The molecule has 0 rings (SSSR count). The predicted octanol–water partition coefficient (Wildman–Crippen LogP) is 2.73.